The maximum Gasteiger partial charge on any atom is 0.287 e. The highest BCUT2D eigenvalue weighted by Gasteiger charge is 2.15. The number of hydrogen-bond acceptors (Lipinski definition) is 3. The van der Waals surface area contributed by atoms with Crippen LogP contribution in [-0.4, -0.2) is 18.5 Å². The smallest absolute Gasteiger partial charge is 0.287 e. The van der Waals surface area contributed by atoms with Gasteiger partial charge in [-0.15, -0.1) is 0 Å². The second-order valence-electron chi connectivity index (χ2n) is 3.45. The monoisotopic (exact) mass is 196 g/mol. The molecule has 0 aromatic carbocycles. The van der Waals surface area contributed by atoms with E-state index in [9.17, 15) is 4.79 Å². The quantitative estimate of drug-likeness (QED) is 0.754. The fourth-order valence-corrected chi connectivity index (χ4v) is 1.03. The Balaban J connectivity index is 2.49. The van der Waals surface area contributed by atoms with Crippen LogP contribution in [0.4, 0.5) is 0 Å². The lowest BCUT2D eigenvalue weighted by atomic mass is 10.0. The largest absolute Gasteiger partial charge is 0.459 e. The molecule has 1 rings (SSSR count). The zero-order chi connectivity index (χ0) is 10.6. The zero-order valence-corrected chi connectivity index (χ0v) is 8.49. The van der Waals surface area contributed by atoms with Gasteiger partial charge >= 0.3 is 0 Å². The number of hydrogen-bond donors (Lipinski definition) is 2. The van der Waals surface area contributed by atoms with Crippen LogP contribution in [0, 0.1) is 5.92 Å². The highest BCUT2D eigenvalue weighted by molar-refractivity contribution is 5.91. The Kier molecular flexibility index (Phi) is 3.71. The summed E-state index contributed by atoms with van der Waals surface area (Å²) in [5.41, 5.74) is 5.49. The van der Waals surface area contributed by atoms with Crippen molar-refractivity contribution >= 4 is 5.91 Å². The molecular formula is C10H16N2O2. The lowest BCUT2D eigenvalue weighted by Crippen LogP contribution is -2.39. The van der Waals surface area contributed by atoms with Crippen molar-refractivity contribution in [3.8, 4) is 0 Å². The number of furan rings is 1. The van der Waals surface area contributed by atoms with Gasteiger partial charge in [-0.1, -0.05) is 6.92 Å². The molecule has 4 nitrogen and oxygen atoms in total. The molecule has 0 bridgehead atoms. The third kappa shape index (κ3) is 2.60. The van der Waals surface area contributed by atoms with E-state index in [1.54, 1.807) is 12.1 Å². The molecule has 2 unspecified atom stereocenters. The standard InChI is InChI=1S/C10H16N2O2/c1-7(6-11)8(2)12-10(13)9-4-3-5-14-9/h3-5,7-8H,6,11H2,1-2H3,(H,12,13). The van der Waals surface area contributed by atoms with E-state index in [4.69, 9.17) is 10.2 Å². The summed E-state index contributed by atoms with van der Waals surface area (Å²) < 4.78 is 4.97. The maximum atomic E-state index is 11.5. The van der Waals surface area contributed by atoms with E-state index in [0.717, 1.165) is 0 Å². The average Bonchev–Trinajstić information content (AvgIpc) is 2.69. The van der Waals surface area contributed by atoms with Crippen LogP contribution in [0.15, 0.2) is 22.8 Å². The molecule has 4 heteroatoms. The molecule has 2 atom stereocenters. The molecule has 1 aromatic heterocycles. The molecule has 0 spiro atoms. The maximum absolute atomic E-state index is 11.5. The second kappa shape index (κ2) is 4.81. The molecule has 3 N–H and O–H groups in total. The van der Waals surface area contributed by atoms with E-state index in [1.807, 2.05) is 13.8 Å². The van der Waals surface area contributed by atoms with Gasteiger partial charge in [0.25, 0.3) is 5.91 Å². The summed E-state index contributed by atoms with van der Waals surface area (Å²) in [5.74, 6) is 0.401. The van der Waals surface area contributed by atoms with Crippen LogP contribution >= 0.6 is 0 Å². The van der Waals surface area contributed by atoms with Crippen LogP contribution in [0.5, 0.6) is 0 Å². The molecule has 1 amide bonds. The lowest BCUT2D eigenvalue weighted by Gasteiger charge is -2.18. The second-order valence-corrected chi connectivity index (χ2v) is 3.45. The highest BCUT2D eigenvalue weighted by Crippen LogP contribution is 2.03. The Morgan fingerprint density at radius 2 is 2.36 bits per heavy atom. The molecule has 0 aliphatic heterocycles. The van der Waals surface area contributed by atoms with E-state index < -0.39 is 0 Å². The summed E-state index contributed by atoms with van der Waals surface area (Å²) in [6.07, 6.45) is 1.48. The van der Waals surface area contributed by atoms with Gasteiger partial charge in [0, 0.05) is 6.04 Å². The number of nitrogens with one attached hydrogen (secondary N) is 1. The van der Waals surface area contributed by atoms with Crippen molar-refractivity contribution in [1.29, 1.82) is 0 Å². The normalized spacial score (nSPS) is 14.8. The predicted octanol–water partition coefficient (Wildman–Crippen LogP) is 0.993. The van der Waals surface area contributed by atoms with Crippen molar-refractivity contribution in [1.82, 2.24) is 5.32 Å². The molecule has 0 radical (unpaired) electrons. The molecular weight excluding hydrogens is 180 g/mol. The third-order valence-electron chi connectivity index (χ3n) is 2.33. The van der Waals surface area contributed by atoms with Crippen LogP contribution in [0.3, 0.4) is 0 Å². The van der Waals surface area contributed by atoms with E-state index in [-0.39, 0.29) is 17.9 Å². The van der Waals surface area contributed by atoms with Crippen LogP contribution in [0.25, 0.3) is 0 Å². The molecule has 0 saturated carbocycles. The minimum absolute atomic E-state index is 0.0533. The Morgan fingerprint density at radius 3 is 2.86 bits per heavy atom. The van der Waals surface area contributed by atoms with Crippen LogP contribution in [0.2, 0.25) is 0 Å². The van der Waals surface area contributed by atoms with Crippen molar-refractivity contribution in [3.05, 3.63) is 24.2 Å². The van der Waals surface area contributed by atoms with Crippen LogP contribution < -0.4 is 11.1 Å². The number of carbonyl (C=O) groups is 1. The summed E-state index contributed by atoms with van der Waals surface area (Å²) in [4.78, 5) is 11.5. The first-order chi connectivity index (χ1) is 6.65. The molecule has 0 aliphatic rings. The Bertz CT molecular complexity index is 282. The van der Waals surface area contributed by atoms with Gasteiger partial charge in [-0.25, -0.2) is 0 Å². The number of carbonyl (C=O) groups excluding carboxylic acids is 1. The first kappa shape index (κ1) is 10.8. The first-order valence-electron chi connectivity index (χ1n) is 4.69. The van der Waals surface area contributed by atoms with Gasteiger partial charge in [0.1, 0.15) is 0 Å². The minimum Gasteiger partial charge on any atom is -0.459 e. The third-order valence-corrected chi connectivity index (χ3v) is 2.33. The summed E-state index contributed by atoms with van der Waals surface area (Å²) >= 11 is 0. The predicted molar refractivity (Wildman–Crippen MR) is 53.9 cm³/mol. The van der Waals surface area contributed by atoms with Gasteiger partial charge in [0.05, 0.1) is 6.26 Å². The fraction of sp³-hybridized carbons (Fsp3) is 0.500. The van der Waals surface area contributed by atoms with Gasteiger partial charge in [-0.2, -0.15) is 0 Å². The summed E-state index contributed by atoms with van der Waals surface area (Å²) in [7, 11) is 0. The van der Waals surface area contributed by atoms with Crippen molar-refractivity contribution in [2.24, 2.45) is 11.7 Å². The minimum atomic E-state index is -0.192. The average molecular weight is 196 g/mol. The Labute approximate surface area is 83.5 Å². The first-order valence-corrected chi connectivity index (χ1v) is 4.69. The molecule has 14 heavy (non-hydrogen) atoms. The summed E-state index contributed by atoms with van der Waals surface area (Å²) in [5, 5.41) is 2.82. The Hall–Kier alpha value is -1.29. The number of nitrogens with two attached hydrogens (primary N) is 1. The van der Waals surface area contributed by atoms with Gasteiger partial charge < -0.3 is 15.5 Å². The molecule has 1 aromatic rings. The topological polar surface area (TPSA) is 68.3 Å². The van der Waals surface area contributed by atoms with Crippen molar-refractivity contribution < 1.29 is 9.21 Å². The summed E-state index contributed by atoms with van der Waals surface area (Å²) in [6, 6.07) is 3.37. The lowest BCUT2D eigenvalue weighted by molar-refractivity contribution is 0.0901. The van der Waals surface area contributed by atoms with Crippen molar-refractivity contribution in [2.45, 2.75) is 19.9 Å². The van der Waals surface area contributed by atoms with E-state index >= 15 is 0 Å². The molecule has 0 saturated heterocycles. The Morgan fingerprint density at radius 1 is 1.64 bits per heavy atom. The molecule has 0 fully saturated rings. The van der Waals surface area contributed by atoms with Crippen molar-refractivity contribution in [3.63, 3.8) is 0 Å². The van der Waals surface area contributed by atoms with Crippen molar-refractivity contribution in [2.75, 3.05) is 6.54 Å². The van der Waals surface area contributed by atoms with Gasteiger partial charge in [0.15, 0.2) is 5.76 Å². The number of amides is 1. The van der Waals surface area contributed by atoms with Crippen LogP contribution in [-0.2, 0) is 0 Å². The van der Waals surface area contributed by atoms with Gasteiger partial charge in [-0.3, -0.25) is 4.79 Å². The zero-order valence-electron chi connectivity index (χ0n) is 8.49. The molecule has 0 aliphatic carbocycles. The SMILES string of the molecule is CC(CN)C(C)NC(=O)c1ccco1. The van der Waals surface area contributed by atoms with E-state index in [1.165, 1.54) is 6.26 Å². The molecule has 1 heterocycles. The highest BCUT2D eigenvalue weighted by atomic mass is 16.3. The fourth-order valence-electron chi connectivity index (χ4n) is 1.03. The molecule has 78 valence electrons. The van der Waals surface area contributed by atoms with Gasteiger partial charge in [0.2, 0.25) is 0 Å². The van der Waals surface area contributed by atoms with Crippen LogP contribution in [0.1, 0.15) is 24.4 Å². The summed E-state index contributed by atoms with van der Waals surface area (Å²) in [6.45, 7) is 4.48. The van der Waals surface area contributed by atoms with E-state index in [2.05, 4.69) is 5.32 Å². The van der Waals surface area contributed by atoms with E-state index in [0.29, 0.717) is 12.3 Å². The number of rotatable bonds is 4. The van der Waals surface area contributed by atoms with Gasteiger partial charge in [-0.05, 0) is 31.5 Å².